The first-order valence-corrected chi connectivity index (χ1v) is 8.00. The maximum atomic E-state index is 13.1. The Morgan fingerprint density at radius 3 is 2.24 bits per heavy atom. The highest BCUT2D eigenvalue weighted by atomic mass is 19.1. The van der Waals surface area contributed by atoms with Crippen LogP contribution in [0.2, 0.25) is 0 Å². The average molecular weight is 338 g/mol. The first-order chi connectivity index (χ1) is 11.9. The summed E-state index contributed by atoms with van der Waals surface area (Å²) >= 11 is 0. The third-order valence-electron chi connectivity index (χ3n) is 3.94. The third kappa shape index (κ3) is 3.76. The van der Waals surface area contributed by atoms with E-state index in [4.69, 9.17) is 4.42 Å². The van der Waals surface area contributed by atoms with Gasteiger partial charge in [-0.1, -0.05) is 38.1 Å². The molecule has 0 unspecified atom stereocenters. The molecule has 0 fully saturated rings. The Morgan fingerprint density at radius 1 is 1.08 bits per heavy atom. The summed E-state index contributed by atoms with van der Waals surface area (Å²) in [5.74, 6) is -0.576. The predicted octanol–water partition coefficient (Wildman–Crippen LogP) is 3.56. The SMILES string of the molecule is CC(C)c1ccc(-c2oc(-c3ccc(F)cc3)nc2CC(=O)[O-])cc1. The van der Waals surface area contributed by atoms with Crippen LogP contribution in [0.3, 0.4) is 0 Å². The van der Waals surface area contributed by atoms with Crippen molar-refractivity contribution in [2.75, 3.05) is 0 Å². The summed E-state index contributed by atoms with van der Waals surface area (Å²) < 4.78 is 18.9. The molecule has 0 amide bonds. The molecule has 128 valence electrons. The van der Waals surface area contributed by atoms with Crippen molar-refractivity contribution in [2.24, 2.45) is 0 Å². The van der Waals surface area contributed by atoms with Crippen LogP contribution < -0.4 is 5.11 Å². The molecule has 0 saturated heterocycles. The van der Waals surface area contributed by atoms with E-state index in [1.54, 1.807) is 0 Å². The number of carboxylic acids is 1. The number of oxazole rings is 1. The number of aromatic nitrogens is 1. The number of carboxylic acid groups (broad SMARTS) is 1. The number of rotatable bonds is 5. The molecule has 0 aliphatic carbocycles. The number of carbonyl (C=O) groups excluding carboxylic acids is 1. The van der Waals surface area contributed by atoms with Crippen LogP contribution in [0.15, 0.2) is 52.9 Å². The van der Waals surface area contributed by atoms with E-state index in [9.17, 15) is 14.3 Å². The Bertz CT molecular complexity index is 880. The highest BCUT2D eigenvalue weighted by Gasteiger charge is 2.17. The summed E-state index contributed by atoms with van der Waals surface area (Å²) in [6.07, 6.45) is -0.355. The third-order valence-corrected chi connectivity index (χ3v) is 3.94. The molecule has 0 aliphatic rings. The molecule has 3 rings (SSSR count). The highest BCUT2D eigenvalue weighted by Crippen LogP contribution is 2.31. The lowest BCUT2D eigenvalue weighted by atomic mass is 10.0. The quantitative estimate of drug-likeness (QED) is 0.713. The van der Waals surface area contributed by atoms with Crippen LogP contribution in [0.4, 0.5) is 4.39 Å². The Hall–Kier alpha value is -2.95. The number of hydrogen-bond acceptors (Lipinski definition) is 4. The van der Waals surface area contributed by atoms with Crippen molar-refractivity contribution in [1.29, 1.82) is 0 Å². The summed E-state index contributed by atoms with van der Waals surface area (Å²) in [5, 5.41) is 11.0. The van der Waals surface area contributed by atoms with Gasteiger partial charge in [0.15, 0.2) is 5.76 Å². The Balaban J connectivity index is 2.04. The van der Waals surface area contributed by atoms with Gasteiger partial charge in [0.05, 0.1) is 5.69 Å². The smallest absolute Gasteiger partial charge is 0.227 e. The van der Waals surface area contributed by atoms with Crippen molar-refractivity contribution in [3.63, 3.8) is 0 Å². The maximum Gasteiger partial charge on any atom is 0.227 e. The van der Waals surface area contributed by atoms with Crippen molar-refractivity contribution in [2.45, 2.75) is 26.2 Å². The highest BCUT2D eigenvalue weighted by molar-refractivity contribution is 5.73. The summed E-state index contributed by atoms with van der Waals surface area (Å²) in [7, 11) is 0. The molecule has 1 heterocycles. The molecule has 0 spiro atoms. The largest absolute Gasteiger partial charge is 0.550 e. The van der Waals surface area contributed by atoms with E-state index >= 15 is 0 Å². The molecule has 4 nitrogen and oxygen atoms in total. The minimum atomic E-state index is -1.24. The fraction of sp³-hybridized carbons (Fsp3) is 0.200. The van der Waals surface area contributed by atoms with Crippen molar-refractivity contribution in [3.05, 3.63) is 65.6 Å². The van der Waals surface area contributed by atoms with Crippen LogP contribution >= 0.6 is 0 Å². The molecule has 1 aromatic heterocycles. The van der Waals surface area contributed by atoms with Crippen LogP contribution in [-0.4, -0.2) is 11.0 Å². The summed E-state index contributed by atoms with van der Waals surface area (Å²) in [4.78, 5) is 15.3. The van der Waals surface area contributed by atoms with Crippen LogP contribution in [0, 0.1) is 5.82 Å². The topological polar surface area (TPSA) is 66.2 Å². The number of benzene rings is 2. The van der Waals surface area contributed by atoms with Gasteiger partial charge in [-0.3, -0.25) is 0 Å². The summed E-state index contributed by atoms with van der Waals surface area (Å²) in [5.41, 5.74) is 2.77. The van der Waals surface area contributed by atoms with Gasteiger partial charge in [0.2, 0.25) is 5.89 Å². The first-order valence-electron chi connectivity index (χ1n) is 8.00. The van der Waals surface area contributed by atoms with E-state index in [0.717, 1.165) is 5.56 Å². The van der Waals surface area contributed by atoms with Gasteiger partial charge in [-0.05, 0) is 35.7 Å². The van der Waals surface area contributed by atoms with Gasteiger partial charge in [0.1, 0.15) is 5.82 Å². The number of hydrogen-bond donors (Lipinski definition) is 0. The average Bonchev–Trinajstić information content (AvgIpc) is 2.98. The molecule has 0 saturated carbocycles. The lowest BCUT2D eigenvalue weighted by Gasteiger charge is -2.06. The van der Waals surface area contributed by atoms with Gasteiger partial charge in [-0.15, -0.1) is 0 Å². The molecule has 0 radical (unpaired) electrons. The molecule has 3 aromatic rings. The molecule has 5 heteroatoms. The molecule has 0 N–H and O–H groups in total. The Labute approximate surface area is 145 Å². The van der Waals surface area contributed by atoms with E-state index in [1.807, 2.05) is 24.3 Å². The lowest BCUT2D eigenvalue weighted by Crippen LogP contribution is -2.24. The van der Waals surface area contributed by atoms with Crippen LogP contribution in [-0.2, 0) is 11.2 Å². The van der Waals surface area contributed by atoms with Crippen molar-refractivity contribution in [3.8, 4) is 22.8 Å². The van der Waals surface area contributed by atoms with Crippen LogP contribution in [0.25, 0.3) is 22.8 Å². The van der Waals surface area contributed by atoms with Gasteiger partial charge >= 0.3 is 0 Å². The molecule has 0 aliphatic heterocycles. The first kappa shape index (κ1) is 16.9. The number of halogens is 1. The van der Waals surface area contributed by atoms with Gasteiger partial charge in [0, 0.05) is 23.5 Å². The van der Waals surface area contributed by atoms with E-state index in [1.165, 1.54) is 29.8 Å². The van der Waals surface area contributed by atoms with E-state index in [0.29, 0.717) is 17.2 Å². The van der Waals surface area contributed by atoms with Gasteiger partial charge in [0.25, 0.3) is 0 Å². The van der Waals surface area contributed by atoms with Crippen LogP contribution in [0.5, 0.6) is 0 Å². The van der Waals surface area contributed by atoms with Crippen molar-refractivity contribution < 1.29 is 18.7 Å². The zero-order valence-electron chi connectivity index (χ0n) is 14.0. The number of nitrogens with zero attached hydrogens (tertiary/aromatic N) is 1. The summed E-state index contributed by atoms with van der Waals surface area (Å²) in [6.45, 7) is 4.19. The monoisotopic (exact) mass is 338 g/mol. The van der Waals surface area contributed by atoms with Gasteiger partial charge in [-0.2, -0.15) is 0 Å². The predicted molar refractivity (Wildman–Crippen MR) is 90.1 cm³/mol. The second-order valence-electron chi connectivity index (χ2n) is 6.13. The fourth-order valence-corrected chi connectivity index (χ4v) is 2.57. The number of carbonyl (C=O) groups is 1. The second kappa shape index (κ2) is 6.89. The standard InChI is InChI=1S/C20H18FNO3/c1-12(2)13-3-5-14(6-4-13)19-17(11-18(23)24)22-20(25-19)15-7-9-16(21)10-8-15/h3-10,12H,11H2,1-2H3,(H,23,24)/p-1. The zero-order valence-corrected chi connectivity index (χ0v) is 14.0. The molecule has 0 atom stereocenters. The Morgan fingerprint density at radius 2 is 1.68 bits per heavy atom. The fourth-order valence-electron chi connectivity index (χ4n) is 2.57. The van der Waals surface area contributed by atoms with E-state index in [2.05, 4.69) is 18.8 Å². The van der Waals surface area contributed by atoms with Crippen molar-refractivity contribution >= 4 is 5.97 Å². The van der Waals surface area contributed by atoms with Crippen molar-refractivity contribution in [1.82, 2.24) is 4.98 Å². The second-order valence-corrected chi connectivity index (χ2v) is 6.13. The molecular formula is C20H17FNO3-. The lowest BCUT2D eigenvalue weighted by molar-refractivity contribution is -0.304. The van der Waals surface area contributed by atoms with Gasteiger partial charge in [-0.25, -0.2) is 9.37 Å². The molecule has 2 aromatic carbocycles. The molecule has 25 heavy (non-hydrogen) atoms. The minimum Gasteiger partial charge on any atom is -0.550 e. The summed E-state index contributed by atoms with van der Waals surface area (Å²) in [6, 6.07) is 13.4. The number of aliphatic carboxylic acids is 1. The van der Waals surface area contributed by atoms with Gasteiger partial charge < -0.3 is 14.3 Å². The van der Waals surface area contributed by atoms with E-state index < -0.39 is 5.97 Å². The Kier molecular flexibility index (Phi) is 4.65. The normalized spacial score (nSPS) is 11.0. The zero-order chi connectivity index (χ0) is 18.0. The minimum absolute atomic E-state index is 0.249. The van der Waals surface area contributed by atoms with E-state index in [-0.39, 0.29) is 23.8 Å². The van der Waals surface area contributed by atoms with Crippen LogP contribution in [0.1, 0.15) is 31.0 Å². The maximum absolute atomic E-state index is 13.1. The molecule has 0 bridgehead atoms. The molecular weight excluding hydrogens is 321 g/mol.